The summed E-state index contributed by atoms with van der Waals surface area (Å²) < 4.78 is 5.44. The number of halogens is 1. The number of rotatable bonds is 9. The molecule has 0 unspecified atom stereocenters. The molecular formula is C23H27BrN4O7. The van der Waals surface area contributed by atoms with Crippen LogP contribution in [0.1, 0.15) is 52.2 Å². The Balaban J connectivity index is 2.10. The van der Waals surface area contributed by atoms with Gasteiger partial charge in [-0.15, -0.1) is 0 Å². The van der Waals surface area contributed by atoms with Crippen molar-refractivity contribution < 1.29 is 24.5 Å². The molecule has 0 aliphatic rings. The number of hydrogen-bond acceptors (Lipinski definition) is 8. The van der Waals surface area contributed by atoms with Crippen LogP contribution < -0.4 is 10.2 Å². The number of hydrogen-bond donors (Lipinski definition) is 2. The molecule has 2 N–H and O–H groups in total. The van der Waals surface area contributed by atoms with Crippen LogP contribution in [0.5, 0.6) is 11.5 Å². The van der Waals surface area contributed by atoms with E-state index in [2.05, 4.69) is 47.2 Å². The van der Waals surface area contributed by atoms with E-state index in [0.29, 0.717) is 0 Å². The molecule has 0 aromatic heterocycles. The maximum absolute atomic E-state index is 12.1. The number of non-ortho nitro benzene ring substituents is 1. The fraction of sp³-hybridized carbons (Fsp3) is 0.391. The van der Waals surface area contributed by atoms with Gasteiger partial charge >= 0.3 is 5.69 Å². The maximum atomic E-state index is 12.1. The number of benzene rings is 2. The first-order chi connectivity index (χ1) is 16.1. The highest BCUT2D eigenvalue weighted by molar-refractivity contribution is 9.10. The summed E-state index contributed by atoms with van der Waals surface area (Å²) in [5.74, 6) is -1.09. The van der Waals surface area contributed by atoms with E-state index >= 15 is 0 Å². The molecule has 0 spiro atoms. The Morgan fingerprint density at radius 2 is 1.80 bits per heavy atom. The van der Waals surface area contributed by atoms with Gasteiger partial charge in [-0.05, 0) is 44.8 Å². The smallest absolute Gasteiger partial charge is 0.311 e. The van der Waals surface area contributed by atoms with Crippen molar-refractivity contribution >= 4 is 39.4 Å². The summed E-state index contributed by atoms with van der Waals surface area (Å²) >= 11 is 3.01. The molecule has 0 saturated heterocycles. The zero-order valence-corrected chi connectivity index (χ0v) is 21.6. The van der Waals surface area contributed by atoms with Crippen molar-refractivity contribution in [3.05, 3.63) is 66.2 Å². The first kappa shape index (κ1) is 27.7. The lowest BCUT2D eigenvalue weighted by Gasteiger charge is -2.33. The average molecular weight is 551 g/mol. The van der Waals surface area contributed by atoms with Gasteiger partial charge in [0.25, 0.3) is 11.6 Å². The fourth-order valence-corrected chi connectivity index (χ4v) is 4.25. The molecule has 0 bridgehead atoms. The molecule has 35 heavy (non-hydrogen) atoms. The molecule has 0 heterocycles. The zero-order chi connectivity index (χ0) is 26.6. The van der Waals surface area contributed by atoms with E-state index in [4.69, 9.17) is 4.74 Å². The van der Waals surface area contributed by atoms with Crippen LogP contribution in [-0.4, -0.2) is 33.7 Å². The second-order valence-electron chi connectivity index (χ2n) is 9.77. The number of hydrazone groups is 1. The molecule has 0 radical (unpaired) electrons. The van der Waals surface area contributed by atoms with Crippen molar-refractivity contribution in [2.24, 2.45) is 10.5 Å². The van der Waals surface area contributed by atoms with Gasteiger partial charge in [-0.2, -0.15) is 5.10 Å². The number of phenolic OH excluding ortho intramolecular Hbond substituents is 1. The molecule has 188 valence electrons. The molecule has 0 aliphatic carbocycles. The van der Waals surface area contributed by atoms with E-state index in [-0.39, 0.29) is 43.7 Å². The number of nitro groups is 2. The Morgan fingerprint density at radius 1 is 1.14 bits per heavy atom. The zero-order valence-electron chi connectivity index (χ0n) is 20.0. The molecule has 1 amide bonds. The largest absolute Gasteiger partial charge is 0.506 e. The highest BCUT2D eigenvalue weighted by Gasteiger charge is 2.30. The van der Waals surface area contributed by atoms with Crippen molar-refractivity contribution in [1.82, 2.24) is 5.43 Å². The van der Waals surface area contributed by atoms with Gasteiger partial charge in [-0.1, -0.05) is 40.7 Å². The summed E-state index contributed by atoms with van der Waals surface area (Å²) in [6.45, 7) is 9.76. The molecule has 2 rings (SSSR count). The molecule has 0 fully saturated rings. The second-order valence-corrected chi connectivity index (χ2v) is 10.6. The number of carbonyl (C=O) groups is 1. The third-order valence-corrected chi connectivity index (χ3v) is 5.55. The van der Waals surface area contributed by atoms with Crippen LogP contribution in [0, 0.1) is 25.6 Å². The third kappa shape index (κ3) is 7.74. The lowest BCUT2D eigenvalue weighted by molar-refractivity contribution is -0.385. The Kier molecular flexibility index (Phi) is 8.55. The van der Waals surface area contributed by atoms with Crippen LogP contribution in [0.2, 0.25) is 0 Å². The van der Waals surface area contributed by atoms with Gasteiger partial charge in [0.2, 0.25) is 0 Å². The van der Waals surface area contributed by atoms with Gasteiger partial charge in [-0.3, -0.25) is 25.0 Å². The van der Waals surface area contributed by atoms with Crippen LogP contribution in [0.4, 0.5) is 11.4 Å². The fourth-order valence-electron chi connectivity index (χ4n) is 3.79. The number of phenols is 1. The van der Waals surface area contributed by atoms with Gasteiger partial charge in [0, 0.05) is 23.8 Å². The average Bonchev–Trinajstić information content (AvgIpc) is 2.73. The molecule has 2 aromatic rings. The van der Waals surface area contributed by atoms with E-state index < -0.39 is 22.4 Å². The summed E-state index contributed by atoms with van der Waals surface area (Å²) in [5, 5.41) is 36.2. The minimum Gasteiger partial charge on any atom is -0.506 e. The number of aromatic hydroxyl groups is 1. The first-order valence-electron chi connectivity index (χ1n) is 10.5. The first-order valence-corrected chi connectivity index (χ1v) is 11.3. The molecular weight excluding hydrogens is 524 g/mol. The standard InChI is InChI=1S/C23H27BrN4O7/c1-22(2,3)13-23(4,5)15-6-7-19(18(9-15)28(33)34)35-12-20(29)26-25-11-14-8-16(27(31)32)10-17(24)21(14)30/h6-11,30H,12-13H2,1-5H3,(H,26,29)/b25-11-. The van der Waals surface area contributed by atoms with Gasteiger partial charge in [0.15, 0.2) is 12.4 Å². The van der Waals surface area contributed by atoms with Gasteiger partial charge < -0.3 is 9.84 Å². The topological polar surface area (TPSA) is 157 Å². The minimum atomic E-state index is -0.725. The number of ether oxygens (including phenoxy) is 1. The summed E-state index contributed by atoms with van der Waals surface area (Å²) in [6, 6.07) is 6.88. The Hall–Kier alpha value is -3.54. The highest BCUT2D eigenvalue weighted by Crippen LogP contribution is 2.39. The normalized spacial score (nSPS) is 11.9. The Bertz CT molecular complexity index is 1170. The van der Waals surface area contributed by atoms with E-state index in [0.717, 1.165) is 30.3 Å². The van der Waals surface area contributed by atoms with Crippen LogP contribution in [0.3, 0.4) is 0 Å². The van der Waals surface area contributed by atoms with Gasteiger partial charge in [0.05, 0.1) is 20.5 Å². The number of amides is 1. The Labute approximate surface area is 210 Å². The van der Waals surface area contributed by atoms with Crippen LogP contribution >= 0.6 is 15.9 Å². The summed E-state index contributed by atoms with van der Waals surface area (Å²) in [4.78, 5) is 33.5. The van der Waals surface area contributed by atoms with E-state index in [9.17, 15) is 30.1 Å². The summed E-state index contributed by atoms with van der Waals surface area (Å²) in [7, 11) is 0. The van der Waals surface area contributed by atoms with Crippen molar-refractivity contribution in [2.75, 3.05) is 6.61 Å². The number of nitrogens with one attached hydrogen (secondary N) is 1. The van der Waals surface area contributed by atoms with Crippen molar-refractivity contribution in [1.29, 1.82) is 0 Å². The highest BCUT2D eigenvalue weighted by atomic mass is 79.9. The quantitative estimate of drug-likeness (QED) is 0.246. The SMILES string of the molecule is CC(C)(C)CC(C)(C)c1ccc(OCC(=O)N/N=C\c2cc([N+](=O)[O-])cc(Br)c2O)c([N+](=O)[O-])c1. The lowest BCUT2D eigenvalue weighted by Crippen LogP contribution is -2.26. The van der Waals surface area contributed by atoms with Crippen LogP contribution in [0.15, 0.2) is 39.9 Å². The predicted octanol–water partition coefficient (Wildman–Crippen LogP) is 5.21. The second kappa shape index (κ2) is 10.8. The molecule has 0 aliphatic heterocycles. The number of carbonyl (C=O) groups excluding carboxylic acids is 1. The van der Waals surface area contributed by atoms with Crippen molar-refractivity contribution in [3.63, 3.8) is 0 Å². The third-order valence-electron chi connectivity index (χ3n) is 4.95. The summed E-state index contributed by atoms with van der Waals surface area (Å²) in [5.41, 5.74) is 2.08. The monoisotopic (exact) mass is 550 g/mol. The molecule has 12 heteroatoms. The van der Waals surface area contributed by atoms with Crippen molar-refractivity contribution in [2.45, 2.75) is 46.5 Å². The Morgan fingerprint density at radius 3 is 2.37 bits per heavy atom. The summed E-state index contributed by atoms with van der Waals surface area (Å²) in [6.07, 6.45) is 1.83. The lowest BCUT2D eigenvalue weighted by atomic mass is 9.72. The van der Waals surface area contributed by atoms with Crippen molar-refractivity contribution in [3.8, 4) is 11.5 Å². The van der Waals surface area contributed by atoms with Gasteiger partial charge in [0.1, 0.15) is 5.75 Å². The van der Waals surface area contributed by atoms with Gasteiger partial charge in [-0.25, -0.2) is 5.43 Å². The predicted molar refractivity (Wildman–Crippen MR) is 134 cm³/mol. The van der Waals surface area contributed by atoms with E-state index in [1.54, 1.807) is 6.07 Å². The van der Waals surface area contributed by atoms with E-state index in [1.807, 2.05) is 13.8 Å². The minimum absolute atomic E-state index is 0.00334. The molecule has 0 atom stereocenters. The maximum Gasteiger partial charge on any atom is 0.311 e. The van der Waals surface area contributed by atoms with Crippen LogP contribution in [0.25, 0.3) is 0 Å². The molecule has 0 saturated carbocycles. The number of nitro benzene ring substituents is 2. The molecule has 2 aromatic carbocycles. The molecule has 11 nitrogen and oxygen atoms in total. The number of nitrogens with zero attached hydrogens (tertiary/aromatic N) is 3. The van der Waals surface area contributed by atoms with E-state index in [1.165, 1.54) is 12.1 Å². The van der Waals surface area contributed by atoms with Crippen LogP contribution in [-0.2, 0) is 10.2 Å².